The predicted octanol–water partition coefficient (Wildman–Crippen LogP) is 2.49. The van der Waals surface area contributed by atoms with Gasteiger partial charge in [-0.2, -0.15) is 0 Å². The number of ketones is 1. The van der Waals surface area contributed by atoms with Gasteiger partial charge in [-0.3, -0.25) is 4.79 Å². The van der Waals surface area contributed by atoms with Gasteiger partial charge in [0.05, 0.1) is 0 Å². The SMILES string of the molecule is CCCn1ccnc1C(=O)CCCCl. The van der Waals surface area contributed by atoms with Crippen LogP contribution in [0.3, 0.4) is 0 Å². The summed E-state index contributed by atoms with van der Waals surface area (Å²) in [4.78, 5) is 15.7. The Balaban J connectivity index is 2.63. The van der Waals surface area contributed by atoms with E-state index in [0.717, 1.165) is 19.4 Å². The molecule has 78 valence electrons. The molecule has 14 heavy (non-hydrogen) atoms. The summed E-state index contributed by atoms with van der Waals surface area (Å²) < 4.78 is 1.90. The summed E-state index contributed by atoms with van der Waals surface area (Å²) in [5.41, 5.74) is 0. The molecule has 0 N–H and O–H groups in total. The molecule has 0 aliphatic carbocycles. The van der Waals surface area contributed by atoms with Crippen molar-refractivity contribution in [3.63, 3.8) is 0 Å². The number of alkyl halides is 1. The van der Waals surface area contributed by atoms with E-state index >= 15 is 0 Å². The summed E-state index contributed by atoms with van der Waals surface area (Å²) in [7, 11) is 0. The van der Waals surface area contributed by atoms with E-state index in [1.165, 1.54) is 0 Å². The maximum absolute atomic E-state index is 11.6. The average Bonchev–Trinajstić information content (AvgIpc) is 2.63. The number of aryl methyl sites for hydroxylation is 1. The summed E-state index contributed by atoms with van der Waals surface area (Å²) in [6, 6.07) is 0. The van der Waals surface area contributed by atoms with Crippen molar-refractivity contribution >= 4 is 17.4 Å². The number of hydrogen-bond acceptors (Lipinski definition) is 2. The van der Waals surface area contributed by atoms with Crippen molar-refractivity contribution in [1.29, 1.82) is 0 Å². The van der Waals surface area contributed by atoms with Crippen molar-refractivity contribution in [2.45, 2.75) is 32.7 Å². The van der Waals surface area contributed by atoms with Gasteiger partial charge in [-0.15, -0.1) is 11.6 Å². The van der Waals surface area contributed by atoms with Gasteiger partial charge in [-0.05, 0) is 12.8 Å². The Kier molecular flexibility index (Phi) is 4.66. The van der Waals surface area contributed by atoms with Gasteiger partial charge >= 0.3 is 0 Å². The van der Waals surface area contributed by atoms with Crippen LogP contribution in [0.15, 0.2) is 12.4 Å². The molecule has 0 saturated heterocycles. The first kappa shape index (κ1) is 11.2. The zero-order chi connectivity index (χ0) is 10.4. The van der Waals surface area contributed by atoms with Crippen molar-refractivity contribution in [1.82, 2.24) is 9.55 Å². The molecule has 3 nitrogen and oxygen atoms in total. The number of aromatic nitrogens is 2. The van der Waals surface area contributed by atoms with E-state index in [-0.39, 0.29) is 5.78 Å². The van der Waals surface area contributed by atoms with Gasteiger partial charge in [-0.1, -0.05) is 6.92 Å². The van der Waals surface area contributed by atoms with Crippen molar-refractivity contribution in [3.05, 3.63) is 18.2 Å². The predicted molar refractivity (Wildman–Crippen MR) is 56.8 cm³/mol. The van der Waals surface area contributed by atoms with Crippen molar-refractivity contribution < 1.29 is 4.79 Å². The van der Waals surface area contributed by atoms with Crippen molar-refractivity contribution in [2.24, 2.45) is 0 Å². The molecule has 0 aromatic carbocycles. The molecule has 1 aromatic rings. The Labute approximate surface area is 89.1 Å². The second-order valence-electron chi connectivity index (χ2n) is 3.16. The smallest absolute Gasteiger partial charge is 0.198 e. The molecular weight excluding hydrogens is 200 g/mol. The quantitative estimate of drug-likeness (QED) is 0.539. The lowest BCUT2D eigenvalue weighted by Crippen LogP contribution is -2.10. The minimum absolute atomic E-state index is 0.0871. The zero-order valence-electron chi connectivity index (χ0n) is 8.37. The fourth-order valence-corrected chi connectivity index (χ4v) is 1.46. The number of rotatable bonds is 6. The van der Waals surface area contributed by atoms with Crippen LogP contribution < -0.4 is 0 Å². The minimum Gasteiger partial charge on any atom is -0.329 e. The molecular formula is C10H15ClN2O. The molecule has 4 heteroatoms. The number of carbonyl (C=O) groups is 1. The van der Waals surface area contributed by atoms with Gasteiger partial charge in [0.25, 0.3) is 0 Å². The Morgan fingerprint density at radius 2 is 2.43 bits per heavy atom. The van der Waals surface area contributed by atoms with Crippen LogP contribution in [0.2, 0.25) is 0 Å². The summed E-state index contributed by atoms with van der Waals surface area (Å²) in [5.74, 6) is 1.18. The Hall–Kier alpha value is -0.830. The van der Waals surface area contributed by atoms with Gasteiger partial charge in [0, 0.05) is 31.2 Å². The van der Waals surface area contributed by atoms with Crippen LogP contribution in [-0.2, 0) is 6.54 Å². The van der Waals surface area contributed by atoms with Gasteiger partial charge in [-0.25, -0.2) is 4.98 Å². The number of carbonyl (C=O) groups excluding carboxylic acids is 1. The molecule has 0 atom stereocenters. The lowest BCUT2D eigenvalue weighted by molar-refractivity contribution is 0.0967. The van der Waals surface area contributed by atoms with Crippen LogP contribution in [0.25, 0.3) is 0 Å². The topological polar surface area (TPSA) is 34.9 Å². The summed E-state index contributed by atoms with van der Waals surface area (Å²) in [5, 5.41) is 0. The summed E-state index contributed by atoms with van der Waals surface area (Å²) >= 11 is 5.53. The van der Waals surface area contributed by atoms with Gasteiger partial charge in [0.2, 0.25) is 0 Å². The number of halogens is 1. The molecule has 0 radical (unpaired) electrons. The Morgan fingerprint density at radius 3 is 3.07 bits per heavy atom. The first-order valence-corrected chi connectivity index (χ1v) is 5.43. The Bertz CT molecular complexity index is 296. The van der Waals surface area contributed by atoms with Gasteiger partial charge in [0.15, 0.2) is 11.6 Å². The molecule has 1 heterocycles. The monoisotopic (exact) mass is 214 g/mol. The highest BCUT2D eigenvalue weighted by Crippen LogP contribution is 2.05. The van der Waals surface area contributed by atoms with E-state index in [2.05, 4.69) is 11.9 Å². The maximum Gasteiger partial charge on any atom is 0.198 e. The van der Waals surface area contributed by atoms with Gasteiger partial charge in [0.1, 0.15) is 0 Å². The third kappa shape index (κ3) is 2.84. The van der Waals surface area contributed by atoms with Crippen LogP contribution in [0.4, 0.5) is 0 Å². The number of hydrogen-bond donors (Lipinski definition) is 0. The van der Waals surface area contributed by atoms with Crippen molar-refractivity contribution in [2.75, 3.05) is 5.88 Å². The lowest BCUT2D eigenvalue weighted by Gasteiger charge is -2.04. The third-order valence-corrected chi connectivity index (χ3v) is 2.23. The highest BCUT2D eigenvalue weighted by atomic mass is 35.5. The lowest BCUT2D eigenvalue weighted by atomic mass is 10.2. The normalized spacial score (nSPS) is 10.4. The van der Waals surface area contributed by atoms with Crippen LogP contribution in [0, 0.1) is 0 Å². The van der Waals surface area contributed by atoms with Crippen LogP contribution in [-0.4, -0.2) is 21.2 Å². The number of nitrogens with zero attached hydrogens (tertiary/aromatic N) is 2. The van der Waals surface area contributed by atoms with Gasteiger partial charge < -0.3 is 4.57 Å². The number of imidazole rings is 1. The molecule has 0 fully saturated rings. The third-order valence-electron chi connectivity index (χ3n) is 1.97. The molecule has 1 aromatic heterocycles. The maximum atomic E-state index is 11.6. The summed E-state index contributed by atoms with van der Waals surface area (Å²) in [6.45, 7) is 2.93. The Morgan fingerprint density at radius 1 is 1.64 bits per heavy atom. The minimum atomic E-state index is 0.0871. The first-order valence-electron chi connectivity index (χ1n) is 4.90. The molecule has 0 spiro atoms. The summed E-state index contributed by atoms with van der Waals surface area (Å²) in [6.07, 6.45) is 5.73. The fourth-order valence-electron chi connectivity index (χ4n) is 1.32. The van der Waals surface area contributed by atoms with E-state index in [4.69, 9.17) is 11.6 Å². The molecule has 1 rings (SSSR count). The molecule has 0 saturated carbocycles. The zero-order valence-corrected chi connectivity index (χ0v) is 9.13. The largest absolute Gasteiger partial charge is 0.329 e. The first-order chi connectivity index (χ1) is 6.79. The number of Topliss-reactive ketones (excluding diaryl/α,β-unsaturated/α-hetero) is 1. The van der Waals surface area contributed by atoms with Crippen LogP contribution in [0.1, 0.15) is 36.8 Å². The van der Waals surface area contributed by atoms with Crippen molar-refractivity contribution in [3.8, 4) is 0 Å². The fraction of sp³-hybridized carbons (Fsp3) is 0.600. The van der Waals surface area contributed by atoms with E-state index in [9.17, 15) is 4.79 Å². The molecule has 0 amide bonds. The van der Waals surface area contributed by atoms with Crippen LogP contribution >= 0.6 is 11.6 Å². The standard InChI is InChI=1S/C10H15ClN2O/c1-2-7-13-8-6-12-10(13)9(14)4-3-5-11/h6,8H,2-5,7H2,1H3. The molecule has 0 bridgehead atoms. The van der Waals surface area contributed by atoms with E-state index < -0.39 is 0 Å². The second-order valence-corrected chi connectivity index (χ2v) is 3.54. The van der Waals surface area contributed by atoms with E-state index in [1.807, 2.05) is 10.8 Å². The highest BCUT2D eigenvalue weighted by molar-refractivity contribution is 6.18. The van der Waals surface area contributed by atoms with Crippen LogP contribution in [0.5, 0.6) is 0 Å². The molecule has 0 aliphatic rings. The van der Waals surface area contributed by atoms with E-state index in [1.54, 1.807) is 6.20 Å². The second kappa shape index (κ2) is 5.81. The molecule has 0 aliphatic heterocycles. The highest BCUT2D eigenvalue weighted by Gasteiger charge is 2.11. The average molecular weight is 215 g/mol. The molecule has 0 unspecified atom stereocenters. The van der Waals surface area contributed by atoms with E-state index in [0.29, 0.717) is 18.1 Å².